The molecule has 0 aliphatic carbocycles. The molecule has 230 valence electrons. The normalized spacial score (nSPS) is 10.9. The Bertz CT molecular complexity index is 1750. The fraction of sp³-hybridized carbons (Fsp3) is 0.0909. The topological polar surface area (TPSA) is 143 Å². The Morgan fingerprint density at radius 1 is 0.822 bits per heavy atom. The van der Waals surface area contributed by atoms with Gasteiger partial charge in [0.2, 0.25) is 5.91 Å². The van der Waals surface area contributed by atoms with Crippen LogP contribution in [0.5, 0.6) is 11.5 Å². The fourth-order valence-corrected chi connectivity index (χ4v) is 4.89. The van der Waals surface area contributed by atoms with Gasteiger partial charge in [-0.15, -0.1) is 11.8 Å². The Morgan fingerprint density at radius 2 is 1.51 bits per heavy atom. The van der Waals surface area contributed by atoms with E-state index in [1.807, 2.05) is 0 Å². The molecule has 0 aliphatic heterocycles. The summed E-state index contributed by atoms with van der Waals surface area (Å²) in [5.41, 5.74) is 1.64. The summed E-state index contributed by atoms with van der Waals surface area (Å²) in [4.78, 5) is 50.8. The Balaban J connectivity index is 1.43. The zero-order valence-corrected chi connectivity index (χ0v) is 25.7. The van der Waals surface area contributed by atoms with Gasteiger partial charge in [0.25, 0.3) is 11.8 Å². The lowest BCUT2D eigenvalue weighted by atomic mass is 10.1. The molecule has 10 nitrogen and oxygen atoms in total. The number of aromatic carboxylic acids is 1. The first-order valence-electron chi connectivity index (χ1n) is 13.3. The van der Waals surface area contributed by atoms with Crippen LogP contribution in [0.3, 0.4) is 0 Å². The molecule has 4 aromatic rings. The smallest absolute Gasteiger partial charge is 0.337 e. The number of amides is 3. The van der Waals surface area contributed by atoms with E-state index in [1.165, 1.54) is 50.3 Å². The summed E-state index contributed by atoms with van der Waals surface area (Å²) in [6.07, 6.45) is 1.53. The summed E-state index contributed by atoms with van der Waals surface area (Å²) >= 11 is 7.13. The van der Waals surface area contributed by atoms with Crippen LogP contribution in [0.25, 0.3) is 6.08 Å². The maximum absolute atomic E-state index is 13.4. The van der Waals surface area contributed by atoms with Gasteiger partial charge in [-0.05, 0) is 78.4 Å². The molecule has 0 spiro atoms. The third-order valence-corrected chi connectivity index (χ3v) is 7.55. The summed E-state index contributed by atoms with van der Waals surface area (Å²) in [7, 11) is 3.02. The molecule has 0 heterocycles. The average molecular weight is 646 g/mol. The summed E-state index contributed by atoms with van der Waals surface area (Å²) < 4.78 is 10.6. The second-order valence-corrected chi connectivity index (χ2v) is 10.8. The maximum atomic E-state index is 13.4. The van der Waals surface area contributed by atoms with Crippen LogP contribution >= 0.6 is 23.4 Å². The van der Waals surface area contributed by atoms with Crippen LogP contribution in [0.2, 0.25) is 5.02 Å². The number of anilines is 2. The summed E-state index contributed by atoms with van der Waals surface area (Å²) in [5, 5.41) is 17.4. The van der Waals surface area contributed by atoms with E-state index in [0.29, 0.717) is 34.0 Å². The van der Waals surface area contributed by atoms with Crippen LogP contribution in [0.4, 0.5) is 11.4 Å². The first-order chi connectivity index (χ1) is 21.7. The summed E-state index contributed by atoms with van der Waals surface area (Å²) in [5.74, 6) is -1.52. The number of carboxylic acid groups (broad SMARTS) is 1. The minimum Gasteiger partial charge on any atom is -0.493 e. The number of benzene rings is 4. The molecular weight excluding hydrogens is 618 g/mol. The van der Waals surface area contributed by atoms with Crippen molar-refractivity contribution in [2.75, 3.05) is 30.6 Å². The highest BCUT2D eigenvalue weighted by Crippen LogP contribution is 2.29. The molecule has 4 N–H and O–H groups in total. The van der Waals surface area contributed by atoms with Crippen LogP contribution in [-0.4, -0.2) is 48.8 Å². The molecule has 0 saturated carbocycles. The number of carbonyl (C=O) groups excluding carboxylic acids is 3. The Morgan fingerprint density at radius 3 is 2.18 bits per heavy atom. The lowest BCUT2D eigenvalue weighted by molar-refractivity contribution is -0.114. The Kier molecular flexibility index (Phi) is 11.2. The van der Waals surface area contributed by atoms with Crippen molar-refractivity contribution >= 4 is 64.5 Å². The zero-order chi connectivity index (χ0) is 32.3. The molecule has 4 rings (SSSR count). The fourth-order valence-electron chi connectivity index (χ4n) is 4.00. The number of rotatable bonds is 12. The number of carbonyl (C=O) groups is 4. The van der Waals surface area contributed by atoms with Crippen LogP contribution in [-0.2, 0) is 9.59 Å². The quantitative estimate of drug-likeness (QED) is 0.105. The summed E-state index contributed by atoms with van der Waals surface area (Å²) in [6, 6.07) is 24.6. The highest BCUT2D eigenvalue weighted by molar-refractivity contribution is 8.00. The molecule has 0 fully saturated rings. The van der Waals surface area contributed by atoms with Gasteiger partial charge in [0.05, 0.1) is 30.6 Å². The van der Waals surface area contributed by atoms with Crippen LogP contribution in [0.1, 0.15) is 26.3 Å². The van der Waals surface area contributed by atoms with E-state index in [-0.39, 0.29) is 27.9 Å². The van der Waals surface area contributed by atoms with Crippen LogP contribution < -0.4 is 25.4 Å². The molecular formula is C33H28ClN3O7S. The second-order valence-electron chi connectivity index (χ2n) is 9.31. The van der Waals surface area contributed by atoms with Gasteiger partial charge in [-0.3, -0.25) is 14.4 Å². The van der Waals surface area contributed by atoms with Crippen molar-refractivity contribution in [3.05, 3.63) is 118 Å². The van der Waals surface area contributed by atoms with Crippen LogP contribution in [0.15, 0.2) is 102 Å². The van der Waals surface area contributed by atoms with Gasteiger partial charge >= 0.3 is 5.97 Å². The van der Waals surface area contributed by atoms with Gasteiger partial charge in [-0.2, -0.15) is 0 Å². The molecule has 4 aromatic carbocycles. The lowest BCUT2D eigenvalue weighted by Crippen LogP contribution is -2.30. The second kappa shape index (κ2) is 15.5. The van der Waals surface area contributed by atoms with Crippen molar-refractivity contribution in [1.29, 1.82) is 0 Å². The van der Waals surface area contributed by atoms with Crippen molar-refractivity contribution in [3.8, 4) is 11.5 Å². The predicted octanol–water partition coefficient (Wildman–Crippen LogP) is 6.20. The van der Waals surface area contributed by atoms with Gasteiger partial charge in [0.1, 0.15) is 5.70 Å². The van der Waals surface area contributed by atoms with Gasteiger partial charge in [0.15, 0.2) is 11.5 Å². The molecule has 0 radical (unpaired) electrons. The predicted molar refractivity (Wildman–Crippen MR) is 174 cm³/mol. The van der Waals surface area contributed by atoms with Crippen molar-refractivity contribution < 1.29 is 33.8 Å². The number of ether oxygens (including phenoxy) is 2. The first kappa shape index (κ1) is 32.6. The Hall–Kier alpha value is -5.26. The number of halogens is 1. The summed E-state index contributed by atoms with van der Waals surface area (Å²) in [6.45, 7) is 0. The number of methoxy groups -OCH3 is 2. The van der Waals surface area contributed by atoms with E-state index < -0.39 is 17.8 Å². The number of nitrogens with one attached hydrogen (secondary N) is 3. The van der Waals surface area contributed by atoms with Crippen LogP contribution in [0, 0.1) is 0 Å². The third kappa shape index (κ3) is 9.12. The number of carboxylic acids is 1. The third-order valence-electron chi connectivity index (χ3n) is 6.21. The monoisotopic (exact) mass is 645 g/mol. The van der Waals surface area contributed by atoms with Crippen molar-refractivity contribution in [3.63, 3.8) is 0 Å². The molecule has 3 amide bonds. The van der Waals surface area contributed by atoms with E-state index in [2.05, 4.69) is 16.0 Å². The SMILES string of the molecule is COc1ccc(/C=C(\NC(=O)c2ccccc2)C(=O)Nc2ccc(SCC(=O)Nc3ccc(Cl)c(C(=O)O)c3)cc2)cc1OC. The molecule has 0 unspecified atom stereocenters. The van der Waals surface area contributed by atoms with E-state index in [0.717, 1.165) is 4.90 Å². The molecule has 12 heteroatoms. The number of hydrogen-bond donors (Lipinski definition) is 4. The van der Waals surface area contributed by atoms with Gasteiger partial charge in [0, 0.05) is 21.8 Å². The average Bonchev–Trinajstić information content (AvgIpc) is 3.05. The molecule has 45 heavy (non-hydrogen) atoms. The van der Waals surface area contributed by atoms with Crippen molar-refractivity contribution in [1.82, 2.24) is 5.32 Å². The highest BCUT2D eigenvalue weighted by Gasteiger charge is 2.16. The van der Waals surface area contributed by atoms with Gasteiger partial charge in [-0.25, -0.2) is 4.79 Å². The van der Waals surface area contributed by atoms with E-state index in [1.54, 1.807) is 72.8 Å². The standard InChI is InChI=1S/C33H28ClN3O7S/c1-43-28-15-8-20(17-29(28)44-2)16-27(37-31(39)21-6-4-3-5-7-21)32(40)36-22-9-12-24(13-10-22)45-19-30(38)35-23-11-14-26(34)25(18-23)33(41)42/h3-18H,19H2,1-2H3,(H,35,38)(H,36,40)(H,37,39)(H,41,42)/b27-16-. The van der Waals surface area contributed by atoms with E-state index in [9.17, 15) is 24.3 Å². The lowest BCUT2D eigenvalue weighted by Gasteiger charge is -2.13. The molecule has 0 bridgehead atoms. The minimum absolute atomic E-state index is 0.000509. The maximum Gasteiger partial charge on any atom is 0.337 e. The largest absolute Gasteiger partial charge is 0.493 e. The Labute approximate surface area is 268 Å². The first-order valence-corrected chi connectivity index (χ1v) is 14.7. The number of hydrogen-bond acceptors (Lipinski definition) is 7. The zero-order valence-electron chi connectivity index (χ0n) is 24.1. The van der Waals surface area contributed by atoms with Gasteiger partial charge in [-0.1, -0.05) is 35.9 Å². The van der Waals surface area contributed by atoms with E-state index in [4.69, 9.17) is 21.1 Å². The van der Waals surface area contributed by atoms with Crippen molar-refractivity contribution in [2.45, 2.75) is 4.90 Å². The molecule has 0 aliphatic rings. The highest BCUT2D eigenvalue weighted by atomic mass is 35.5. The molecule has 0 saturated heterocycles. The van der Waals surface area contributed by atoms with E-state index >= 15 is 0 Å². The van der Waals surface area contributed by atoms with Crippen molar-refractivity contribution in [2.24, 2.45) is 0 Å². The van der Waals surface area contributed by atoms with Gasteiger partial charge < -0.3 is 30.5 Å². The minimum atomic E-state index is -1.19. The number of thioether (sulfide) groups is 1. The molecule has 0 aromatic heterocycles. The molecule has 0 atom stereocenters.